The van der Waals surface area contributed by atoms with Crippen LogP contribution in [0.5, 0.6) is 0 Å². The third-order valence-electron chi connectivity index (χ3n) is 4.76. The van der Waals surface area contributed by atoms with Crippen LogP contribution < -0.4 is 5.32 Å². The normalized spacial score (nSPS) is 12.0. The molecule has 28 heavy (non-hydrogen) atoms. The Labute approximate surface area is 169 Å². The van der Waals surface area contributed by atoms with E-state index in [4.69, 9.17) is 9.84 Å². The molecule has 0 saturated carbocycles. The Morgan fingerprint density at radius 1 is 1.00 bits per heavy atom. The SMILES string of the molecule is CCCCN(CCCC)CCCC(CC)OC(=O)c1ccc(NC(=O)O)cc1. The minimum atomic E-state index is -1.13. The van der Waals surface area contributed by atoms with Crippen LogP contribution in [0.3, 0.4) is 0 Å². The Morgan fingerprint density at radius 3 is 2.07 bits per heavy atom. The highest BCUT2D eigenvalue weighted by Gasteiger charge is 2.15. The Balaban J connectivity index is 2.47. The van der Waals surface area contributed by atoms with E-state index in [0.717, 1.165) is 38.9 Å². The summed E-state index contributed by atoms with van der Waals surface area (Å²) in [4.78, 5) is 25.5. The zero-order valence-corrected chi connectivity index (χ0v) is 17.6. The lowest BCUT2D eigenvalue weighted by Gasteiger charge is -2.23. The van der Waals surface area contributed by atoms with E-state index in [1.54, 1.807) is 24.3 Å². The predicted molar refractivity (Wildman–Crippen MR) is 113 cm³/mol. The summed E-state index contributed by atoms with van der Waals surface area (Å²) in [6, 6.07) is 6.28. The fourth-order valence-electron chi connectivity index (χ4n) is 3.02. The minimum absolute atomic E-state index is 0.0940. The molecular formula is C22H36N2O4. The van der Waals surface area contributed by atoms with Gasteiger partial charge in [0.05, 0.1) is 5.56 Å². The van der Waals surface area contributed by atoms with Gasteiger partial charge in [-0.3, -0.25) is 5.32 Å². The molecule has 0 spiro atoms. The van der Waals surface area contributed by atoms with Crippen molar-refractivity contribution < 1.29 is 19.4 Å². The molecule has 1 atom stereocenters. The van der Waals surface area contributed by atoms with Crippen molar-refractivity contribution in [2.75, 3.05) is 25.0 Å². The molecule has 0 heterocycles. The first-order valence-electron chi connectivity index (χ1n) is 10.5. The Bertz CT molecular complexity index is 566. The highest BCUT2D eigenvalue weighted by atomic mass is 16.5. The first kappa shape index (κ1) is 24.0. The van der Waals surface area contributed by atoms with Crippen LogP contribution >= 0.6 is 0 Å². The van der Waals surface area contributed by atoms with Crippen molar-refractivity contribution in [1.82, 2.24) is 4.90 Å². The Kier molecular flexibility index (Phi) is 12.0. The summed E-state index contributed by atoms with van der Waals surface area (Å²) in [7, 11) is 0. The second-order valence-electron chi connectivity index (χ2n) is 7.13. The molecule has 6 nitrogen and oxygen atoms in total. The molecule has 0 fully saturated rings. The van der Waals surface area contributed by atoms with Crippen LogP contribution in [0.1, 0.15) is 76.1 Å². The Morgan fingerprint density at radius 2 is 1.57 bits per heavy atom. The number of benzene rings is 1. The number of carboxylic acid groups (broad SMARTS) is 1. The molecule has 0 saturated heterocycles. The van der Waals surface area contributed by atoms with Crippen LogP contribution in [0.2, 0.25) is 0 Å². The van der Waals surface area contributed by atoms with Gasteiger partial charge in [-0.1, -0.05) is 33.6 Å². The summed E-state index contributed by atoms with van der Waals surface area (Å²) < 4.78 is 5.66. The van der Waals surface area contributed by atoms with Crippen molar-refractivity contribution >= 4 is 17.7 Å². The number of hydrogen-bond acceptors (Lipinski definition) is 4. The summed E-state index contributed by atoms with van der Waals surface area (Å²) in [5.41, 5.74) is 0.859. The van der Waals surface area contributed by atoms with Crippen LogP contribution in [0.25, 0.3) is 0 Å². The molecule has 0 bridgehead atoms. The third kappa shape index (κ3) is 9.74. The number of amides is 1. The molecule has 0 aliphatic heterocycles. The maximum absolute atomic E-state index is 12.4. The topological polar surface area (TPSA) is 78.9 Å². The predicted octanol–water partition coefficient (Wildman–Crippen LogP) is 5.39. The van der Waals surface area contributed by atoms with E-state index >= 15 is 0 Å². The summed E-state index contributed by atoms with van der Waals surface area (Å²) in [5.74, 6) is -0.359. The fraction of sp³-hybridized carbons (Fsp3) is 0.636. The smallest absolute Gasteiger partial charge is 0.409 e. The van der Waals surface area contributed by atoms with Crippen LogP contribution in [0, 0.1) is 0 Å². The van der Waals surface area contributed by atoms with Crippen molar-refractivity contribution in [3.8, 4) is 0 Å². The zero-order valence-electron chi connectivity index (χ0n) is 17.6. The number of ether oxygens (including phenoxy) is 1. The van der Waals surface area contributed by atoms with Gasteiger partial charge < -0.3 is 14.7 Å². The number of nitrogens with zero attached hydrogens (tertiary/aromatic N) is 1. The molecule has 0 aromatic heterocycles. The number of hydrogen-bond donors (Lipinski definition) is 2. The van der Waals surface area contributed by atoms with Crippen LogP contribution in [0.15, 0.2) is 24.3 Å². The first-order chi connectivity index (χ1) is 13.5. The van der Waals surface area contributed by atoms with Gasteiger partial charge >= 0.3 is 12.1 Å². The lowest BCUT2D eigenvalue weighted by molar-refractivity contribution is 0.0261. The van der Waals surface area contributed by atoms with E-state index < -0.39 is 6.09 Å². The third-order valence-corrected chi connectivity index (χ3v) is 4.76. The molecule has 0 aliphatic carbocycles. The van der Waals surface area contributed by atoms with Gasteiger partial charge in [-0.2, -0.15) is 0 Å². The van der Waals surface area contributed by atoms with Crippen molar-refractivity contribution in [3.63, 3.8) is 0 Å². The molecule has 0 aliphatic rings. The number of nitrogens with one attached hydrogen (secondary N) is 1. The molecule has 1 unspecified atom stereocenters. The average molecular weight is 393 g/mol. The van der Waals surface area contributed by atoms with E-state index in [9.17, 15) is 9.59 Å². The van der Waals surface area contributed by atoms with Gasteiger partial charge in [-0.25, -0.2) is 9.59 Å². The summed E-state index contributed by atoms with van der Waals surface area (Å²) in [6.07, 6.45) is 6.30. The minimum Gasteiger partial charge on any atom is -0.465 e. The van der Waals surface area contributed by atoms with Crippen molar-refractivity contribution in [3.05, 3.63) is 29.8 Å². The van der Waals surface area contributed by atoms with Gasteiger partial charge in [0.15, 0.2) is 0 Å². The average Bonchev–Trinajstić information content (AvgIpc) is 2.68. The number of anilines is 1. The van der Waals surface area contributed by atoms with Crippen LogP contribution in [-0.2, 0) is 4.74 Å². The van der Waals surface area contributed by atoms with Gasteiger partial charge in [-0.15, -0.1) is 0 Å². The molecule has 0 radical (unpaired) electrons. The fourth-order valence-corrected chi connectivity index (χ4v) is 3.02. The van der Waals surface area contributed by atoms with Crippen LogP contribution in [0.4, 0.5) is 10.5 Å². The lowest BCUT2D eigenvalue weighted by atomic mass is 10.1. The Hall–Kier alpha value is -2.08. The first-order valence-corrected chi connectivity index (χ1v) is 10.5. The molecule has 2 N–H and O–H groups in total. The maximum atomic E-state index is 12.4. The van der Waals surface area contributed by atoms with Crippen LogP contribution in [-0.4, -0.2) is 47.8 Å². The quantitative estimate of drug-likeness (QED) is 0.415. The molecule has 6 heteroatoms. The van der Waals surface area contributed by atoms with E-state index in [1.807, 2.05) is 6.92 Å². The largest absolute Gasteiger partial charge is 0.465 e. The van der Waals surface area contributed by atoms with Crippen molar-refractivity contribution in [2.45, 2.75) is 71.8 Å². The molecule has 158 valence electrons. The van der Waals surface area contributed by atoms with E-state index in [0.29, 0.717) is 11.3 Å². The summed E-state index contributed by atoms with van der Waals surface area (Å²) >= 11 is 0. The van der Waals surface area contributed by atoms with E-state index in [1.165, 1.54) is 25.7 Å². The molecule has 1 aromatic carbocycles. The van der Waals surface area contributed by atoms with Gasteiger partial charge in [0.25, 0.3) is 0 Å². The highest BCUT2D eigenvalue weighted by molar-refractivity contribution is 5.90. The summed E-state index contributed by atoms with van der Waals surface area (Å²) in [6.45, 7) is 9.80. The van der Waals surface area contributed by atoms with Gasteiger partial charge in [0, 0.05) is 5.69 Å². The number of rotatable bonds is 14. The van der Waals surface area contributed by atoms with Crippen molar-refractivity contribution in [2.24, 2.45) is 0 Å². The van der Waals surface area contributed by atoms with Gasteiger partial charge in [0.1, 0.15) is 6.10 Å². The molecule has 1 aromatic rings. The second-order valence-corrected chi connectivity index (χ2v) is 7.13. The van der Waals surface area contributed by atoms with Gasteiger partial charge in [-0.05, 0) is 76.0 Å². The summed E-state index contributed by atoms with van der Waals surface area (Å²) in [5, 5.41) is 11.0. The highest BCUT2D eigenvalue weighted by Crippen LogP contribution is 2.15. The molecular weight excluding hydrogens is 356 g/mol. The van der Waals surface area contributed by atoms with E-state index in [-0.39, 0.29) is 12.1 Å². The standard InChI is InChI=1S/C22H36N2O4/c1-4-7-15-24(16-8-5-2)17-9-10-20(6-3)28-21(25)18-11-13-19(14-12-18)23-22(26)27/h11-14,20,23H,4-10,15-17H2,1-3H3,(H,26,27). The number of carbonyl (C=O) groups is 2. The monoisotopic (exact) mass is 392 g/mol. The number of esters is 1. The van der Waals surface area contributed by atoms with Crippen molar-refractivity contribution in [1.29, 1.82) is 0 Å². The van der Waals surface area contributed by atoms with Gasteiger partial charge in [0.2, 0.25) is 0 Å². The van der Waals surface area contributed by atoms with E-state index in [2.05, 4.69) is 24.1 Å². The molecule has 1 rings (SSSR count). The second kappa shape index (κ2) is 14.0. The zero-order chi connectivity index (χ0) is 20.8. The molecule has 1 amide bonds. The maximum Gasteiger partial charge on any atom is 0.409 e. The number of carbonyl (C=O) groups excluding carboxylic acids is 1. The number of unbranched alkanes of at least 4 members (excludes halogenated alkanes) is 2. The lowest BCUT2D eigenvalue weighted by Crippen LogP contribution is -2.28.